The van der Waals surface area contributed by atoms with Gasteiger partial charge in [-0.2, -0.15) is 0 Å². The molecule has 2 fully saturated rings. The van der Waals surface area contributed by atoms with E-state index in [9.17, 15) is 45.6 Å². The van der Waals surface area contributed by atoms with Gasteiger partial charge in [-0.1, -0.05) is 212 Å². The summed E-state index contributed by atoms with van der Waals surface area (Å²) in [4.78, 5) is 13.2. The third-order valence-electron chi connectivity index (χ3n) is 13.8. The Kier molecular flexibility index (Phi) is 44.9. The van der Waals surface area contributed by atoms with E-state index in [4.69, 9.17) is 18.9 Å². The first-order chi connectivity index (χ1) is 39.1. The van der Waals surface area contributed by atoms with Crippen molar-refractivity contribution in [2.24, 2.45) is 0 Å². The summed E-state index contributed by atoms with van der Waals surface area (Å²) >= 11 is 0. The SMILES string of the molecule is CC/C=C\C/C=C\C/C=C\C/C=C\C/C=C\C/C=C\C/C=C\C/C=C\C/C=C\CCCCCCCCCCCCCC(=O)NC(COC1OC(CO)C(OC2OC(CO)C(O)C(O)C2O)C(O)C1O)C(O)/C=C/CC/C=C/CCC. The molecule has 0 saturated carbocycles. The largest absolute Gasteiger partial charge is 0.394 e. The molecule has 2 heterocycles. The molecule has 14 nitrogen and oxygen atoms in total. The molecule has 12 unspecified atom stereocenters. The van der Waals surface area contributed by atoms with Gasteiger partial charge in [0.1, 0.15) is 48.8 Å². The van der Waals surface area contributed by atoms with Crippen molar-refractivity contribution in [1.29, 1.82) is 0 Å². The molecule has 2 rings (SSSR count). The molecular formula is C66H107NO13. The molecule has 9 N–H and O–H groups in total. The Morgan fingerprint density at radius 2 is 0.875 bits per heavy atom. The fraction of sp³-hybridized carbons (Fsp3) is 0.652. The van der Waals surface area contributed by atoms with E-state index in [-0.39, 0.29) is 18.9 Å². The lowest BCUT2D eigenvalue weighted by molar-refractivity contribution is -0.359. The molecule has 80 heavy (non-hydrogen) atoms. The maximum atomic E-state index is 13.2. The molecule has 2 saturated heterocycles. The number of allylic oxidation sites excluding steroid dienone is 21. The molecule has 1 amide bonds. The van der Waals surface area contributed by atoms with Crippen molar-refractivity contribution < 1.29 is 64.6 Å². The molecular weight excluding hydrogens is 1010 g/mol. The Labute approximate surface area is 481 Å². The summed E-state index contributed by atoms with van der Waals surface area (Å²) in [5.74, 6) is -0.264. The van der Waals surface area contributed by atoms with E-state index in [0.29, 0.717) is 12.8 Å². The van der Waals surface area contributed by atoms with Gasteiger partial charge in [0.25, 0.3) is 0 Å². The monoisotopic (exact) mass is 1120 g/mol. The maximum Gasteiger partial charge on any atom is 0.220 e. The molecule has 12 atom stereocenters. The van der Waals surface area contributed by atoms with E-state index in [1.165, 1.54) is 44.9 Å². The first-order valence-electron chi connectivity index (χ1n) is 30.4. The van der Waals surface area contributed by atoms with E-state index < -0.39 is 86.8 Å². The lowest BCUT2D eigenvalue weighted by Crippen LogP contribution is -2.65. The summed E-state index contributed by atoms with van der Waals surface area (Å²) < 4.78 is 22.6. The fourth-order valence-corrected chi connectivity index (χ4v) is 8.95. The highest BCUT2D eigenvalue weighted by Crippen LogP contribution is 2.30. The van der Waals surface area contributed by atoms with Crippen LogP contribution < -0.4 is 5.32 Å². The second kappa shape index (κ2) is 49.7. The minimum atomic E-state index is -1.80. The van der Waals surface area contributed by atoms with Crippen LogP contribution in [-0.4, -0.2) is 140 Å². The van der Waals surface area contributed by atoms with E-state index in [0.717, 1.165) is 103 Å². The van der Waals surface area contributed by atoms with Crippen LogP contribution in [0.15, 0.2) is 134 Å². The topological polar surface area (TPSA) is 228 Å². The van der Waals surface area contributed by atoms with Crippen LogP contribution >= 0.6 is 0 Å². The fourth-order valence-electron chi connectivity index (χ4n) is 8.95. The number of rotatable bonds is 46. The molecule has 0 bridgehead atoms. The van der Waals surface area contributed by atoms with Crippen LogP contribution in [0, 0.1) is 0 Å². The summed E-state index contributed by atoms with van der Waals surface area (Å²) in [5.41, 5.74) is 0. The molecule has 0 aromatic heterocycles. The van der Waals surface area contributed by atoms with Gasteiger partial charge in [0.15, 0.2) is 12.6 Å². The maximum absolute atomic E-state index is 13.2. The van der Waals surface area contributed by atoms with E-state index in [1.54, 1.807) is 6.08 Å². The molecule has 14 heteroatoms. The van der Waals surface area contributed by atoms with Gasteiger partial charge < -0.3 is 65.1 Å². The highest BCUT2D eigenvalue weighted by atomic mass is 16.7. The zero-order valence-corrected chi connectivity index (χ0v) is 48.8. The third kappa shape index (κ3) is 34.5. The highest BCUT2D eigenvalue weighted by Gasteiger charge is 2.51. The van der Waals surface area contributed by atoms with Crippen LogP contribution in [0.1, 0.15) is 181 Å². The average Bonchev–Trinajstić information content (AvgIpc) is 3.48. The van der Waals surface area contributed by atoms with Gasteiger partial charge in [0.05, 0.1) is 32.0 Å². The van der Waals surface area contributed by atoms with Crippen molar-refractivity contribution in [1.82, 2.24) is 5.32 Å². The lowest BCUT2D eigenvalue weighted by atomic mass is 9.97. The van der Waals surface area contributed by atoms with Gasteiger partial charge in [-0.3, -0.25) is 4.79 Å². The number of ether oxygens (including phenoxy) is 4. The summed E-state index contributed by atoms with van der Waals surface area (Å²) in [6, 6.07) is -0.938. The van der Waals surface area contributed by atoms with E-state index >= 15 is 0 Å². The molecule has 0 aliphatic carbocycles. The zero-order valence-electron chi connectivity index (χ0n) is 48.8. The van der Waals surface area contributed by atoms with Gasteiger partial charge >= 0.3 is 0 Å². The highest BCUT2D eigenvalue weighted by molar-refractivity contribution is 5.76. The molecule has 0 aromatic carbocycles. The number of amides is 1. The Morgan fingerprint density at radius 3 is 1.36 bits per heavy atom. The van der Waals surface area contributed by atoms with Crippen LogP contribution in [0.2, 0.25) is 0 Å². The number of nitrogens with one attached hydrogen (secondary N) is 1. The van der Waals surface area contributed by atoms with Crippen molar-refractivity contribution >= 4 is 5.91 Å². The van der Waals surface area contributed by atoms with Crippen molar-refractivity contribution in [3.63, 3.8) is 0 Å². The molecule has 454 valence electrons. The molecule has 2 aliphatic rings. The Morgan fingerprint density at radius 1 is 0.463 bits per heavy atom. The Hall–Kier alpha value is -3.87. The Bertz CT molecular complexity index is 1850. The number of carbonyl (C=O) groups excluding carboxylic acids is 1. The predicted molar refractivity (Wildman–Crippen MR) is 322 cm³/mol. The third-order valence-corrected chi connectivity index (χ3v) is 13.8. The number of aliphatic hydroxyl groups excluding tert-OH is 8. The zero-order chi connectivity index (χ0) is 58.1. The molecule has 0 radical (unpaired) electrons. The smallest absolute Gasteiger partial charge is 0.220 e. The van der Waals surface area contributed by atoms with E-state index in [2.05, 4.69) is 141 Å². The second-order valence-corrected chi connectivity index (χ2v) is 20.7. The van der Waals surface area contributed by atoms with Crippen LogP contribution in [0.4, 0.5) is 0 Å². The van der Waals surface area contributed by atoms with Crippen molar-refractivity contribution in [3.05, 3.63) is 134 Å². The van der Waals surface area contributed by atoms with Crippen LogP contribution in [0.3, 0.4) is 0 Å². The number of carbonyl (C=O) groups is 1. The quantitative estimate of drug-likeness (QED) is 0.0204. The summed E-state index contributed by atoms with van der Waals surface area (Å²) in [6.07, 6.45) is 57.0. The lowest BCUT2D eigenvalue weighted by Gasteiger charge is -2.46. The van der Waals surface area contributed by atoms with Crippen LogP contribution in [0.5, 0.6) is 0 Å². The summed E-state index contributed by atoms with van der Waals surface area (Å²) in [5, 5.41) is 86.6. The Balaban J connectivity index is 1.57. The van der Waals surface area contributed by atoms with E-state index in [1.807, 2.05) is 6.08 Å². The van der Waals surface area contributed by atoms with Gasteiger partial charge in [-0.05, 0) is 96.3 Å². The van der Waals surface area contributed by atoms with Crippen LogP contribution in [0.25, 0.3) is 0 Å². The number of hydrogen-bond donors (Lipinski definition) is 9. The number of aliphatic hydroxyl groups is 8. The second-order valence-electron chi connectivity index (χ2n) is 20.7. The summed E-state index contributed by atoms with van der Waals surface area (Å²) in [7, 11) is 0. The first-order valence-corrected chi connectivity index (χ1v) is 30.4. The van der Waals surface area contributed by atoms with Crippen molar-refractivity contribution in [3.8, 4) is 0 Å². The van der Waals surface area contributed by atoms with Crippen molar-refractivity contribution in [2.75, 3.05) is 19.8 Å². The first kappa shape index (κ1) is 72.2. The average molecular weight is 1120 g/mol. The minimum absolute atomic E-state index is 0.260. The molecule has 2 aliphatic heterocycles. The predicted octanol–water partition coefficient (Wildman–Crippen LogP) is 10.8. The van der Waals surface area contributed by atoms with Gasteiger partial charge in [-0.25, -0.2) is 0 Å². The standard InChI is InChI=1S/C66H107NO13/c1-3-5-7-9-11-12-13-14-15-16-17-18-19-20-21-22-23-24-25-26-27-28-29-30-31-32-33-34-35-36-37-38-39-40-41-42-44-46-48-50-58(71)67-54(55(70)49-47-45-43-10-8-6-4-2)53-77-65-63(76)61(74)64(57(52-69)79-65)80-66-62(75)60(73)59(72)56(51-68)78-66/h5,7-8,10-12,14-15,17-18,20-21,23-24,26-27,29-30,32-33,47,49,54-57,59-66,68-70,72-76H,3-4,6,9,13,16,19,22,25,28,31,34-46,48,50-53H2,1-2H3,(H,67,71)/b7-5-,10-8+,12-11-,15-14-,18-17-,21-20-,24-23-,27-26-,30-29-,33-32-,49-47+. The van der Waals surface area contributed by atoms with Gasteiger partial charge in [0, 0.05) is 6.42 Å². The molecule has 0 aromatic rings. The molecule has 0 spiro atoms. The number of unbranched alkanes of at least 4 members (excludes halogenated alkanes) is 13. The number of hydrogen-bond acceptors (Lipinski definition) is 13. The van der Waals surface area contributed by atoms with Crippen LogP contribution in [-0.2, 0) is 23.7 Å². The van der Waals surface area contributed by atoms with Crippen molar-refractivity contribution in [2.45, 2.75) is 254 Å². The van der Waals surface area contributed by atoms with Gasteiger partial charge in [-0.15, -0.1) is 0 Å². The normalized spacial score (nSPS) is 25.2. The van der Waals surface area contributed by atoms with Gasteiger partial charge in [0.2, 0.25) is 5.91 Å². The summed E-state index contributed by atoms with van der Waals surface area (Å²) in [6.45, 7) is 2.51. The minimum Gasteiger partial charge on any atom is -0.394 e.